The fourth-order valence-electron chi connectivity index (χ4n) is 3.26. The molecule has 2 aliphatic rings. The minimum atomic E-state index is -0.226. The molecule has 1 saturated heterocycles. The van der Waals surface area contributed by atoms with Gasteiger partial charge in [0.05, 0.1) is 23.3 Å². The number of carbonyl (C=O) groups excluding carboxylic acids is 2. The minimum Gasteiger partial charge on any atom is -0.357 e. The predicted molar refractivity (Wildman–Crippen MR) is 104 cm³/mol. The van der Waals surface area contributed by atoms with E-state index in [1.807, 2.05) is 36.4 Å². The summed E-state index contributed by atoms with van der Waals surface area (Å²) in [4.78, 5) is 33.9. The van der Waals surface area contributed by atoms with Gasteiger partial charge in [-0.2, -0.15) is 0 Å². The second kappa shape index (κ2) is 7.37. The first-order chi connectivity index (χ1) is 12.7. The maximum atomic E-state index is 12.4. The number of rotatable bonds is 4. The molecule has 1 aromatic carbocycles. The van der Waals surface area contributed by atoms with Crippen LogP contribution in [0.1, 0.15) is 12.8 Å². The Labute approximate surface area is 156 Å². The average Bonchev–Trinajstić information content (AvgIpc) is 3.19. The highest BCUT2D eigenvalue weighted by Crippen LogP contribution is 2.34. The number of nitrogens with one attached hydrogen (secondary N) is 1. The molecular formula is C19H20N4O2S. The van der Waals surface area contributed by atoms with Crippen molar-refractivity contribution in [3.63, 3.8) is 0 Å². The average molecular weight is 368 g/mol. The van der Waals surface area contributed by atoms with Crippen LogP contribution in [0.25, 0.3) is 0 Å². The third kappa shape index (κ3) is 3.53. The summed E-state index contributed by atoms with van der Waals surface area (Å²) in [5.74, 6) is 1.02. The van der Waals surface area contributed by atoms with Gasteiger partial charge in [-0.3, -0.25) is 9.59 Å². The van der Waals surface area contributed by atoms with Crippen LogP contribution >= 0.6 is 11.8 Å². The minimum absolute atomic E-state index is 0.00425. The second-order valence-corrected chi connectivity index (χ2v) is 7.40. The Bertz CT molecular complexity index is 819. The van der Waals surface area contributed by atoms with Gasteiger partial charge in [-0.25, -0.2) is 4.98 Å². The number of hydrogen-bond donors (Lipinski definition) is 1. The molecule has 1 N–H and O–H groups in total. The summed E-state index contributed by atoms with van der Waals surface area (Å²) in [6.45, 7) is 2.07. The van der Waals surface area contributed by atoms with Gasteiger partial charge in [0, 0.05) is 18.0 Å². The lowest BCUT2D eigenvalue weighted by molar-refractivity contribution is -0.120. The van der Waals surface area contributed by atoms with E-state index in [4.69, 9.17) is 0 Å². The number of aromatic nitrogens is 1. The molecule has 0 spiro atoms. The van der Waals surface area contributed by atoms with E-state index in [9.17, 15) is 9.59 Å². The lowest BCUT2D eigenvalue weighted by atomic mass is 10.2. The van der Waals surface area contributed by atoms with Gasteiger partial charge < -0.3 is 15.1 Å². The van der Waals surface area contributed by atoms with Crippen molar-refractivity contribution >= 4 is 40.8 Å². The molecule has 3 heterocycles. The lowest BCUT2D eigenvalue weighted by Gasteiger charge is -2.28. The van der Waals surface area contributed by atoms with Crippen LogP contribution < -0.4 is 15.1 Å². The normalized spacial score (nSPS) is 16.5. The molecule has 0 bridgehead atoms. The van der Waals surface area contributed by atoms with Crippen molar-refractivity contribution in [3.8, 4) is 0 Å². The number of hydrogen-bond acceptors (Lipinski definition) is 5. The molecule has 2 aliphatic heterocycles. The van der Waals surface area contributed by atoms with Crippen molar-refractivity contribution in [1.82, 2.24) is 4.98 Å². The quantitative estimate of drug-likeness (QED) is 0.899. The third-order valence-electron chi connectivity index (χ3n) is 4.57. The molecule has 0 unspecified atom stereocenters. The Hall–Kier alpha value is -2.54. The van der Waals surface area contributed by atoms with Crippen LogP contribution in [-0.4, -0.2) is 42.2 Å². The SMILES string of the molecule is O=C(CN1C(=O)CSc2ccccc21)Nc1ccc(N2CCCC2)nc1. The molecule has 6 nitrogen and oxygen atoms in total. The van der Waals surface area contributed by atoms with Gasteiger partial charge in [-0.1, -0.05) is 12.1 Å². The van der Waals surface area contributed by atoms with Crippen LogP contribution in [0, 0.1) is 0 Å². The predicted octanol–water partition coefficient (Wildman–Crippen LogP) is 2.76. The summed E-state index contributed by atoms with van der Waals surface area (Å²) in [6, 6.07) is 11.5. The number of benzene rings is 1. The molecule has 4 rings (SSSR count). The molecule has 134 valence electrons. The molecule has 0 atom stereocenters. The van der Waals surface area contributed by atoms with Gasteiger partial charge in [0.2, 0.25) is 11.8 Å². The molecule has 0 saturated carbocycles. The molecular weight excluding hydrogens is 348 g/mol. The molecule has 7 heteroatoms. The summed E-state index contributed by atoms with van der Waals surface area (Å²) >= 11 is 1.51. The number of amides is 2. The Morgan fingerprint density at radius 3 is 2.73 bits per heavy atom. The largest absolute Gasteiger partial charge is 0.357 e. The summed E-state index contributed by atoms with van der Waals surface area (Å²) in [6.07, 6.45) is 4.07. The maximum absolute atomic E-state index is 12.4. The highest BCUT2D eigenvalue weighted by Gasteiger charge is 2.26. The first-order valence-electron chi connectivity index (χ1n) is 8.74. The van der Waals surface area contributed by atoms with E-state index in [1.165, 1.54) is 24.6 Å². The van der Waals surface area contributed by atoms with E-state index in [2.05, 4.69) is 15.2 Å². The Kier molecular flexibility index (Phi) is 4.79. The van der Waals surface area contributed by atoms with Gasteiger partial charge in [0.1, 0.15) is 12.4 Å². The Morgan fingerprint density at radius 2 is 1.96 bits per heavy atom. The molecule has 1 aromatic heterocycles. The smallest absolute Gasteiger partial charge is 0.244 e. The zero-order valence-corrected chi connectivity index (χ0v) is 15.2. The van der Waals surface area contributed by atoms with Gasteiger partial charge >= 0.3 is 0 Å². The molecule has 1 fully saturated rings. The van der Waals surface area contributed by atoms with Crippen LogP contribution in [0.2, 0.25) is 0 Å². The maximum Gasteiger partial charge on any atom is 0.244 e. The first kappa shape index (κ1) is 16.9. The van der Waals surface area contributed by atoms with E-state index >= 15 is 0 Å². The van der Waals surface area contributed by atoms with Gasteiger partial charge in [0.15, 0.2) is 0 Å². The number of carbonyl (C=O) groups is 2. The van der Waals surface area contributed by atoms with Gasteiger partial charge in [-0.15, -0.1) is 11.8 Å². The summed E-state index contributed by atoms with van der Waals surface area (Å²) in [5.41, 5.74) is 1.44. The van der Waals surface area contributed by atoms with Crippen LogP contribution in [-0.2, 0) is 9.59 Å². The van der Waals surface area contributed by atoms with Crippen molar-refractivity contribution in [2.24, 2.45) is 0 Å². The van der Waals surface area contributed by atoms with Crippen LogP contribution in [0.15, 0.2) is 47.5 Å². The zero-order chi connectivity index (χ0) is 17.9. The fraction of sp³-hybridized carbons (Fsp3) is 0.316. The summed E-state index contributed by atoms with van der Waals surface area (Å²) < 4.78 is 0. The second-order valence-electron chi connectivity index (χ2n) is 6.38. The Morgan fingerprint density at radius 1 is 1.15 bits per heavy atom. The number of thioether (sulfide) groups is 1. The van der Waals surface area contributed by atoms with Gasteiger partial charge in [-0.05, 0) is 37.1 Å². The van der Waals surface area contributed by atoms with Crippen LogP contribution in [0.4, 0.5) is 17.2 Å². The van der Waals surface area contributed by atoms with Crippen molar-refractivity contribution in [2.75, 3.05) is 40.5 Å². The number of anilines is 3. The topological polar surface area (TPSA) is 65.5 Å². The molecule has 0 aliphatic carbocycles. The van der Waals surface area contributed by atoms with Crippen molar-refractivity contribution in [1.29, 1.82) is 0 Å². The van der Waals surface area contributed by atoms with E-state index in [-0.39, 0.29) is 18.4 Å². The number of para-hydroxylation sites is 1. The first-order valence-corrected chi connectivity index (χ1v) is 9.72. The van der Waals surface area contributed by atoms with Crippen LogP contribution in [0.5, 0.6) is 0 Å². The molecule has 2 amide bonds. The molecule has 2 aromatic rings. The van der Waals surface area contributed by atoms with Gasteiger partial charge in [0.25, 0.3) is 0 Å². The van der Waals surface area contributed by atoms with E-state index in [0.717, 1.165) is 29.5 Å². The van der Waals surface area contributed by atoms with Crippen LogP contribution in [0.3, 0.4) is 0 Å². The van der Waals surface area contributed by atoms with E-state index in [1.54, 1.807) is 11.1 Å². The Balaban J connectivity index is 1.42. The van der Waals surface area contributed by atoms with Crippen molar-refractivity contribution < 1.29 is 9.59 Å². The standard InChI is InChI=1S/C19H20N4O2S/c24-18(12-23-15-5-1-2-6-16(15)26-13-19(23)25)21-14-7-8-17(20-11-14)22-9-3-4-10-22/h1-2,5-8,11H,3-4,9-10,12-13H2,(H,21,24). The highest BCUT2D eigenvalue weighted by molar-refractivity contribution is 8.00. The molecule has 0 radical (unpaired) electrons. The monoisotopic (exact) mass is 368 g/mol. The fourth-order valence-corrected chi connectivity index (χ4v) is 4.20. The lowest BCUT2D eigenvalue weighted by Crippen LogP contribution is -2.41. The number of pyridine rings is 1. The summed E-state index contributed by atoms with van der Waals surface area (Å²) in [7, 11) is 0. The zero-order valence-electron chi connectivity index (χ0n) is 14.4. The van der Waals surface area contributed by atoms with E-state index < -0.39 is 0 Å². The molecule has 26 heavy (non-hydrogen) atoms. The van der Waals surface area contributed by atoms with Crippen molar-refractivity contribution in [3.05, 3.63) is 42.6 Å². The number of nitrogens with zero attached hydrogens (tertiary/aromatic N) is 3. The van der Waals surface area contributed by atoms with Crippen molar-refractivity contribution in [2.45, 2.75) is 17.7 Å². The van der Waals surface area contributed by atoms with E-state index in [0.29, 0.717) is 11.4 Å². The summed E-state index contributed by atoms with van der Waals surface area (Å²) in [5, 5.41) is 2.84. The third-order valence-corrected chi connectivity index (χ3v) is 5.62. The highest BCUT2D eigenvalue weighted by atomic mass is 32.2. The number of fused-ring (bicyclic) bond motifs is 1.